The van der Waals surface area contributed by atoms with Crippen molar-refractivity contribution in [2.75, 3.05) is 44.6 Å². The van der Waals surface area contributed by atoms with Gasteiger partial charge in [0.15, 0.2) is 0 Å². The van der Waals surface area contributed by atoms with Crippen LogP contribution in [0.1, 0.15) is 18.9 Å². The summed E-state index contributed by atoms with van der Waals surface area (Å²) in [6.07, 6.45) is 0.603. The van der Waals surface area contributed by atoms with Gasteiger partial charge in [-0.2, -0.15) is 0 Å². The molecule has 0 unspecified atom stereocenters. The molecule has 0 atom stereocenters. The standard InChI is InChI=1S/C16H24BrN3O/c1-3-19-8-10-20(11-9-19)7-6-16(21)18-14-4-5-15(17)13(2)12-14/h4-5,12H,3,6-11H2,1-2H3,(H,18,21)/p+2. The van der Waals surface area contributed by atoms with Crippen molar-refractivity contribution in [2.45, 2.75) is 20.3 Å². The molecule has 1 aliphatic heterocycles. The molecule has 1 heterocycles. The molecule has 116 valence electrons. The number of carbonyl (C=O) groups is 1. The van der Waals surface area contributed by atoms with Crippen LogP contribution in [-0.2, 0) is 4.79 Å². The monoisotopic (exact) mass is 355 g/mol. The first kappa shape index (κ1) is 16.5. The van der Waals surface area contributed by atoms with E-state index in [-0.39, 0.29) is 5.91 Å². The second-order valence-electron chi connectivity index (χ2n) is 5.87. The molecule has 0 aliphatic carbocycles. The maximum Gasteiger partial charge on any atom is 0.230 e. The first-order chi connectivity index (χ1) is 10.1. The molecule has 1 fully saturated rings. The highest BCUT2D eigenvalue weighted by atomic mass is 79.9. The minimum absolute atomic E-state index is 0.120. The number of nitrogens with one attached hydrogen (secondary N) is 3. The van der Waals surface area contributed by atoms with Gasteiger partial charge in [-0.3, -0.25) is 4.79 Å². The Balaban J connectivity index is 1.73. The molecule has 4 nitrogen and oxygen atoms in total. The van der Waals surface area contributed by atoms with Gasteiger partial charge in [-0.15, -0.1) is 0 Å². The van der Waals surface area contributed by atoms with Crippen molar-refractivity contribution in [3.63, 3.8) is 0 Å². The number of piperazine rings is 1. The van der Waals surface area contributed by atoms with Crippen LogP contribution in [0.3, 0.4) is 0 Å². The third-order valence-corrected chi connectivity index (χ3v) is 5.20. The Kier molecular flexibility index (Phi) is 6.21. The van der Waals surface area contributed by atoms with Crippen LogP contribution in [-0.4, -0.2) is 45.2 Å². The van der Waals surface area contributed by atoms with E-state index in [9.17, 15) is 4.79 Å². The third-order valence-electron chi connectivity index (χ3n) is 4.31. The van der Waals surface area contributed by atoms with E-state index in [1.165, 1.54) is 32.7 Å². The van der Waals surface area contributed by atoms with Gasteiger partial charge in [0.1, 0.15) is 26.2 Å². The summed E-state index contributed by atoms with van der Waals surface area (Å²) in [7, 11) is 0. The van der Waals surface area contributed by atoms with Crippen molar-refractivity contribution < 1.29 is 14.6 Å². The van der Waals surface area contributed by atoms with Crippen LogP contribution in [0.25, 0.3) is 0 Å². The van der Waals surface area contributed by atoms with Crippen molar-refractivity contribution in [2.24, 2.45) is 0 Å². The first-order valence-electron chi connectivity index (χ1n) is 7.81. The zero-order chi connectivity index (χ0) is 15.2. The number of amides is 1. The number of likely N-dealkylation sites (N-methyl/N-ethyl adjacent to an activating group) is 1. The summed E-state index contributed by atoms with van der Waals surface area (Å²) in [4.78, 5) is 15.3. The van der Waals surface area contributed by atoms with Gasteiger partial charge in [0.05, 0.1) is 19.5 Å². The molecule has 0 saturated carbocycles. The van der Waals surface area contributed by atoms with Crippen LogP contribution in [0.5, 0.6) is 0 Å². The molecule has 1 aromatic rings. The normalized spacial score (nSPS) is 22.0. The van der Waals surface area contributed by atoms with E-state index in [0.717, 1.165) is 22.3 Å². The molecule has 1 aliphatic rings. The number of aryl methyl sites for hydroxylation is 1. The average molecular weight is 356 g/mol. The molecule has 5 heteroatoms. The highest BCUT2D eigenvalue weighted by Crippen LogP contribution is 2.19. The highest BCUT2D eigenvalue weighted by Gasteiger charge is 2.21. The Labute approximate surface area is 135 Å². The quantitative estimate of drug-likeness (QED) is 0.677. The zero-order valence-corrected chi connectivity index (χ0v) is 14.6. The second-order valence-corrected chi connectivity index (χ2v) is 6.72. The second kappa shape index (κ2) is 7.92. The summed E-state index contributed by atoms with van der Waals surface area (Å²) in [5, 5.41) is 2.99. The van der Waals surface area contributed by atoms with Crippen LogP contribution in [0.4, 0.5) is 5.69 Å². The van der Waals surface area contributed by atoms with E-state index >= 15 is 0 Å². The fraction of sp³-hybridized carbons (Fsp3) is 0.562. The number of carbonyl (C=O) groups excluding carboxylic acids is 1. The first-order valence-corrected chi connectivity index (χ1v) is 8.61. The summed E-state index contributed by atoms with van der Waals surface area (Å²) in [5.74, 6) is 0.120. The molecule has 0 aromatic heterocycles. The van der Waals surface area contributed by atoms with Crippen molar-refractivity contribution in [1.82, 2.24) is 0 Å². The van der Waals surface area contributed by atoms with E-state index in [0.29, 0.717) is 6.42 Å². The van der Waals surface area contributed by atoms with E-state index in [1.807, 2.05) is 25.1 Å². The number of quaternary nitrogens is 2. The van der Waals surface area contributed by atoms with Gasteiger partial charge in [-0.05, 0) is 37.6 Å². The summed E-state index contributed by atoms with van der Waals surface area (Å²) in [6.45, 7) is 11.3. The van der Waals surface area contributed by atoms with E-state index in [4.69, 9.17) is 0 Å². The van der Waals surface area contributed by atoms with Gasteiger partial charge < -0.3 is 15.1 Å². The Hall–Kier alpha value is -0.910. The maximum atomic E-state index is 12.0. The Morgan fingerprint density at radius 1 is 1.24 bits per heavy atom. The van der Waals surface area contributed by atoms with Crippen LogP contribution in [0.15, 0.2) is 22.7 Å². The lowest BCUT2D eigenvalue weighted by Gasteiger charge is -2.28. The number of halogens is 1. The molecule has 1 saturated heterocycles. The fourth-order valence-corrected chi connectivity index (χ4v) is 3.04. The van der Waals surface area contributed by atoms with Gasteiger partial charge in [0.2, 0.25) is 5.91 Å². The molecule has 0 bridgehead atoms. The molecular formula is C16H26BrN3O+2. The SMILES string of the molecule is CC[NH+]1CC[NH+](CCC(=O)Nc2ccc(Br)c(C)c2)CC1. The Morgan fingerprint density at radius 2 is 1.90 bits per heavy atom. The van der Waals surface area contributed by atoms with Crippen LogP contribution >= 0.6 is 15.9 Å². The topological polar surface area (TPSA) is 38.0 Å². The molecule has 1 amide bonds. The van der Waals surface area contributed by atoms with E-state index in [2.05, 4.69) is 28.2 Å². The smallest absolute Gasteiger partial charge is 0.230 e. The largest absolute Gasteiger partial charge is 0.326 e. The molecule has 1 aromatic carbocycles. The van der Waals surface area contributed by atoms with Gasteiger partial charge in [-0.25, -0.2) is 0 Å². The molecule has 0 spiro atoms. The van der Waals surface area contributed by atoms with Crippen molar-refractivity contribution >= 4 is 27.5 Å². The Bertz CT molecular complexity index is 484. The lowest BCUT2D eigenvalue weighted by molar-refractivity contribution is -1.01. The summed E-state index contributed by atoms with van der Waals surface area (Å²) < 4.78 is 1.07. The number of hydrogen-bond acceptors (Lipinski definition) is 1. The van der Waals surface area contributed by atoms with Crippen molar-refractivity contribution in [3.05, 3.63) is 28.2 Å². The van der Waals surface area contributed by atoms with Gasteiger partial charge >= 0.3 is 0 Å². The van der Waals surface area contributed by atoms with Crippen molar-refractivity contribution in [3.8, 4) is 0 Å². The van der Waals surface area contributed by atoms with Crippen LogP contribution < -0.4 is 15.1 Å². The molecule has 0 radical (unpaired) electrons. The van der Waals surface area contributed by atoms with Crippen LogP contribution in [0, 0.1) is 6.92 Å². The van der Waals surface area contributed by atoms with Crippen molar-refractivity contribution in [1.29, 1.82) is 0 Å². The number of rotatable bonds is 5. The Morgan fingerprint density at radius 3 is 2.52 bits per heavy atom. The van der Waals surface area contributed by atoms with Gasteiger partial charge in [0.25, 0.3) is 0 Å². The minimum Gasteiger partial charge on any atom is -0.326 e. The summed E-state index contributed by atoms with van der Waals surface area (Å²) in [5.41, 5.74) is 2.02. The number of benzene rings is 1. The zero-order valence-electron chi connectivity index (χ0n) is 13.0. The van der Waals surface area contributed by atoms with Crippen LogP contribution in [0.2, 0.25) is 0 Å². The fourth-order valence-electron chi connectivity index (χ4n) is 2.80. The molecule has 3 N–H and O–H groups in total. The highest BCUT2D eigenvalue weighted by molar-refractivity contribution is 9.10. The molecular weight excluding hydrogens is 330 g/mol. The van der Waals surface area contributed by atoms with Gasteiger partial charge in [0, 0.05) is 10.2 Å². The lowest BCUT2D eigenvalue weighted by atomic mass is 10.2. The van der Waals surface area contributed by atoms with Gasteiger partial charge in [-0.1, -0.05) is 15.9 Å². The third kappa shape index (κ3) is 5.09. The predicted octanol–water partition coefficient (Wildman–Crippen LogP) is -0.111. The maximum absolute atomic E-state index is 12.0. The predicted molar refractivity (Wildman–Crippen MR) is 88.9 cm³/mol. The summed E-state index contributed by atoms with van der Waals surface area (Å²) in [6, 6.07) is 5.91. The summed E-state index contributed by atoms with van der Waals surface area (Å²) >= 11 is 3.47. The number of anilines is 1. The average Bonchev–Trinajstić information content (AvgIpc) is 2.49. The van der Waals surface area contributed by atoms with E-state index < -0.39 is 0 Å². The van der Waals surface area contributed by atoms with E-state index in [1.54, 1.807) is 9.80 Å². The minimum atomic E-state index is 0.120. The molecule has 2 rings (SSSR count). The lowest BCUT2D eigenvalue weighted by Crippen LogP contribution is -3.28. The molecule has 21 heavy (non-hydrogen) atoms. The number of hydrogen-bond donors (Lipinski definition) is 3.